The summed E-state index contributed by atoms with van der Waals surface area (Å²) in [5.74, 6) is 0. The van der Waals surface area contributed by atoms with E-state index in [9.17, 15) is 0 Å². The van der Waals surface area contributed by atoms with Crippen molar-refractivity contribution in [1.82, 2.24) is 9.97 Å². The van der Waals surface area contributed by atoms with Gasteiger partial charge in [0.05, 0.1) is 5.69 Å². The highest BCUT2D eigenvalue weighted by Crippen LogP contribution is 2.23. The van der Waals surface area contributed by atoms with Crippen LogP contribution in [0.15, 0.2) is 29.9 Å². The molecule has 0 bridgehead atoms. The first-order valence-corrected chi connectivity index (χ1v) is 5.81. The van der Waals surface area contributed by atoms with Crippen LogP contribution >= 0.6 is 27.3 Å². The van der Waals surface area contributed by atoms with Crippen molar-refractivity contribution in [2.45, 2.75) is 5.33 Å². The summed E-state index contributed by atoms with van der Waals surface area (Å²) in [5.41, 5.74) is 2.16. The molecule has 66 valence electrons. The second-order valence-corrected chi connectivity index (χ2v) is 3.94. The fourth-order valence-electron chi connectivity index (χ4n) is 0.990. The number of pyridine rings is 1. The van der Waals surface area contributed by atoms with Crippen LogP contribution in [0.3, 0.4) is 0 Å². The zero-order valence-electron chi connectivity index (χ0n) is 6.77. The fraction of sp³-hybridized carbons (Fsp3) is 0.111. The van der Waals surface area contributed by atoms with Gasteiger partial charge in [0.15, 0.2) is 0 Å². The van der Waals surface area contributed by atoms with Gasteiger partial charge in [0, 0.05) is 28.7 Å². The molecule has 0 aliphatic carbocycles. The van der Waals surface area contributed by atoms with Crippen molar-refractivity contribution in [2.75, 3.05) is 0 Å². The molecule has 2 aromatic heterocycles. The zero-order valence-corrected chi connectivity index (χ0v) is 9.18. The summed E-state index contributed by atoms with van der Waals surface area (Å²) in [6, 6.07) is 3.94. The Kier molecular flexibility index (Phi) is 2.71. The maximum absolute atomic E-state index is 4.43. The molecule has 0 saturated heterocycles. The summed E-state index contributed by atoms with van der Waals surface area (Å²) in [7, 11) is 0. The molecule has 13 heavy (non-hydrogen) atoms. The molecule has 0 atom stereocenters. The summed E-state index contributed by atoms with van der Waals surface area (Å²) in [6.07, 6.45) is 3.60. The van der Waals surface area contributed by atoms with Crippen LogP contribution < -0.4 is 0 Å². The topological polar surface area (TPSA) is 25.8 Å². The molecule has 0 aliphatic heterocycles. The van der Waals surface area contributed by atoms with Gasteiger partial charge in [0.25, 0.3) is 0 Å². The second-order valence-electron chi connectivity index (χ2n) is 2.52. The van der Waals surface area contributed by atoms with Crippen molar-refractivity contribution in [3.8, 4) is 10.6 Å². The van der Waals surface area contributed by atoms with Crippen molar-refractivity contribution in [3.63, 3.8) is 0 Å². The van der Waals surface area contributed by atoms with Crippen molar-refractivity contribution in [2.24, 2.45) is 0 Å². The molecule has 2 heterocycles. The minimum absolute atomic E-state index is 0.809. The zero-order chi connectivity index (χ0) is 9.10. The average Bonchev–Trinajstić information content (AvgIpc) is 2.67. The number of aromatic nitrogens is 2. The van der Waals surface area contributed by atoms with Gasteiger partial charge in [-0.3, -0.25) is 4.98 Å². The van der Waals surface area contributed by atoms with E-state index in [0.29, 0.717) is 0 Å². The molecule has 0 aliphatic rings. The summed E-state index contributed by atoms with van der Waals surface area (Å²) in [6.45, 7) is 0. The predicted molar refractivity (Wildman–Crippen MR) is 58.0 cm³/mol. The van der Waals surface area contributed by atoms with E-state index in [0.717, 1.165) is 21.6 Å². The molecule has 0 fully saturated rings. The SMILES string of the molecule is BrCc1csc(-c2cccnc2)n1. The summed E-state index contributed by atoms with van der Waals surface area (Å²) in [5, 5.41) is 3.89. The van der Waals surface area contributed by atoms with Gasteiger partial charge in [-0.25, -0.2) is 4.98 Å². The van der Waals surface area contributed by atoms with E-state index in [-0.39, 0.29) is 0 Å². The van der Waals surface area contributed by atoms with Crippen LogP contribution in [0, 0.1) is 0 Å². The van der Waals surface area contributed by atoms with Gasteiger partial charge < -0.3 is 0 Å². The first-order valence-electron chi connectivity index (χ1n) is 3.81. The monoisotopic (exact) mass is 254 g/mol. The van der Waals surface area contributed by atoms with Crippen molar-refractivity contribution < 1.29 is 0 Å². The molecule has 0 saturated carbocycles. The van der Waals surface area contributed by atoms with E-state index in [1.54, 1.807) is 17.5 Å². The Morgan fingerprint density at radius 2 is 2.38 bits per heavy atom. The molecule has 4 heteroatoms. The number of thiazole rings is 1. The maximum atomic E-state index is 4.43. The summed E-state index contributed by atoms with van der Waals surface area (Å²) < 4.78 is 0. The maximum Gasteiger partial charge on any atom is 0.125 e. The lowest BCUT2D eigenvalue weighted by Crippen LogP contribution is -1.79. The van der Waals surface area contributed by atoms with Crippen LogP contribution in [0.25, 0.3) is 10.6 Å². The molecule has 0 aromatic carbocycles. The Labute approximate surface area is 88.8 Å². The van der Waals surface area contributed by atoms with Crippen LogP contribution in [0.2, 0.25) is 0 Å². The lowest BCUT2D eigenvalue weighted by Gasteiger charge is -1.92. The molecular formula is C9H7BrN2S. The average molecular weight is 255 g/mol. The normalized spacial score (nSPS) is 10.2. The molecule has 2 aromatic rings. The molecule has 0 N–H and O–H groups in total. The Morgan fingerprint density at radius 3 is 3.00 bits per heavy atom. The van der Waals surface area contributed by atoms with Crippen LogP contribution in [0.5, 0.6) is 0 Å². The standard InChI is InChI=1S/C9H7BrN2S/c10-4-8-6-13-9(12-8)7-2-1-3-11-5-7/h1-3,5-6H,4H2. The molecular weight excluding hydrogens is 248 g/mol. The van der Waals surface area contributed by atoms with Crippen molar-refractivity contribution >= 4 is 27.3 Å². The minimum atomic E-state index is 0.809. The van der Waals surface area contributed by atoms with Gasteiger partial charge in [-0.1, -0.05) is 15.9 Å². The third-order valence-corrected chi connectivity index (χ3v) is 3.11. The van der Waals surface area contributed by atoms with Gasteiger partial charge in [0.2, 0.25) is 0 Å². The summed E-state index contributed by atoms with van der Waals surface area (Å²) in [4.78, 5) is 8.48. The summed E-state index contributed by atoms with van der Waals surface area (Å²) >= 11 is 5.02. The number of hydrogen-bond acceptors (Lipinski definition) is 3. The number of halogens is 1. The third kappa shape index (κ3) is 1.95. The molecule has 0 radical (unpaired) electrons. The Bertz CT molecular complexity index is 386. The lowest BCUT2D eigenvalue weighted by atomic mass is 10.3. The van der Waals surface area contributed by atoms with Gasteiger partial charge in [-0.15, -0.1) is 11.3 Å². The van der Waals surface area contributed by atoms with E-state index in [1.807, 2.05) is 18.3 Å². The van der Waals surface area contributed by atoms with Gasteiger partial charge in [-0.05, 0) is 12.1 Å². The van der Waals surface area contributed by atoms with Gasteiger partial charge >= 0.3 is 0 Å². The number of hydrogen-bond donors (Lipinski definition) is 0. The molecule has 0 spiro atoms. The first kappa shape index (κ1) is 8.84. The second kappa shape index (κ2) is 3.98. The van der Waals surface area contributed by atoms with E-state index < -0.39 is 0 Å². The lowest BCUT2D eigenvalue weighted by molar-refractivity contribution is 1.24. The van der Waals surface area contributed by atoms with E-state index >= 15 is 0 Å². The van der Waals surface area contributed by atoms with Crippen LogP contribution in [0.1, 0.15) is 5.69 Å². The van der Waals surface area contributed by atoms with Crippen LogP contribution in [-0.2, 0) is 5.33 Å². The molecule has 0 amide bonds. The minimum Gasteiger partial charge on any atom is -0.264 e. The highest BCUT2D eigenvalue weighted by atomic mass is 79.9. The van der Waals surface area contributed by atoms with Crippen molar-refractivity contribution in [1.29, 1.82) is 0 Å². The third-order valence-electron chi connectivity index (χ3n) is 1.60. The number of alkyl halides is 1. The fourth-order valence-corrected chi connectivity index (χ4v) is 2.30. The highest BCUT2D eigenvalue weighted by Gasteiger charge is 2.02. The van der Waals surface area contributed by atoms with Gasteiger partial charge in [0.1, 0.15) is 5.01 Å². The van der Waals surface area contributed by atoms with Crippen molar-refractivity contribution in [3.05, 3.63) is 35.6 Å². The quantitative estimate of drug-likeness (QED) is 0.770. The predicted octanol–water partition coefficient (Wildman–Crippen LogP) is 3.10. The first-order chi connectivity index (χ1) is 6.40. The number of nitrogens with zero attached hydrogens (tertiary/aromatic N) is 2. The Morgan fingerprint density at radius 1 is 1.46 bits per heavy atom. The number of rotatable bonds is 2. The molecule has 2 rings (SSSR count). The van der Waals surface area contributed by atoms with E-state index in [4.69, 9.17) is 0 Å². The van der Waals surface area contributed by atoms with Crippen LogP contribution in [-0.4, -0.2) is 9.97 Å². The largest absolute Gasteiger partial charge is 0.264 e. The van der Waals surface area contributed by atoms with E-state index in [1.165, 1.54) is 0 Å². The Balaban J connectivity index is 2.36. The molecule has 0 unspecified atom stereocenters. The molecule has 2 nitrogen and oxygen atoms in total. The highest BCUT2D eigenvalue weighted by molar-refractivity contribution is 9.08. The van der Waals surface area contributed by atoms with Gasteiger partial charge in [-0.2, -0.15) is 0 Å². The van der Waals surface area contributed by atoms with E-state index in [2.05, 4.69) is 31.3 Å². The van der Waals surface area contributed by atoms with Crippen LogP contribution in [0.4, 0.5) is 0 Å². The Hall–Kier alpha value is -0.740. The smallest absolute Gasteiger partial charge is 0.125 e.